The highest BCUT2D eigenvalue weighted by atomic mass is 35.5. The molecule has 0 saturated carbocycles. The van der Waals surface area contributed by atoms with Crippen molar-refractivity contribution in [1.29, 1.82) is 0 Å². The molecular formula is C22H19ClF3N7O2S. The van der Waals surface area contributed by atoms with Crippen LogP contribution in [0.4, 0.5) is 30.6 Å². The van der Waals surface area contributed by atoms with Crippen LogP contribution in [0.3, 0.4) is 0 Å². The van der Waals surface area contributed by atoms with Crippen LogP contribution in [0.15, 0.2) is 53.6 Å². The van der Waals surface area contributed by atoms with Crippen LogP contribution in [0.5, 0.6) is 0 Å². The number of fused-ring (bicyclic) bond motifs is 2. The maximum atomic E-state index is 13.6. The molecule has 0 fully saturated rings. The maximum absolute atomic E-state index is 13.6. The highest BCUT2D eigenvalue weighted by Crippen LogP contribution is 2.38. The van der Waals surface area contributed by atoms with Gasteiger partial charge in [0.15, 0.2) is 5.65 Å². The monoisotopic (exact) mass is 537 g/mol. The quantitative estimate of drug-likeness (QED) is 0.355. The van der Waals surface area contributed by atoms with Gasteiger partial charge < -0.3 is 11.1 Å². The van der Waals surface area contributed by atoms with E-state index in [1.165, 1.54) is 0 Å². The van der Waals surface area contributed by atoms with Gasteiger partial charge in [-0.25, -0.2) is 8.42 Å². The molecule has 3 heterocycles. The molecule has 0 radical (unpaired) electrons. The van der Waals surface area contributed by atoms with Gasteiger partial charge >= 0.3 is 6.18 Å². The first-order valence-electron chi connectivity index (χ1n) is 10.7. The lowest BCUT2D eigenvalue weighted by molar-refractivity contribution is -0.137. The van der Waals surface area contributed by atoms with Gasteiger partial charge in [0.05, 0.1) is 32.8 Å². The minimum atomic E-state index is -4.80. The Bertz CT molecular complexity index is 1560. The lowest BCUT2D eigenvalue weighted by Crippen LogP contribution is -2.33. The van der Waals surface area contributed by atoms with Crippen LogP contribution in [-0.2, 0) is 22.6 Å². The number of H-pyrrole nitrogens is 1. The van der Waals surface area contributed by atoms with Gasteiger partial charge in [-0.2, -0.15) is 28.2 Å². The van der Waals surface area contributed by atoms with Crippen LogP contribution in [0.25, 0.3) is 11.0 Å². The van der Waals surface area contributed by atoms with E-state index in [9.17, 15) is 21.6 Å². The summed E-state index contributed by atoms with van der Waals surface area (Å²) in [5.74, 6) is 0.480. The van der Waals surface area contributed by atoms with E-state index in [1.54, 1.807) is 30.5 Å². The number of sulfonamides is 1. The first-order chi connectivity index (χ1) is 17.0. The van der Waals surface area contributed by atoms with Crippen LogP contribution in [-0.4, -0.2) is 41.2 Å². The number of rotatable bonds is 4. The molecule has 1 aliphatic rings. The number of hydrogen-bond donors (Lipinski definition) is 3. The average Bonchev–Trinajstić information content (AvgIpc) is 3.19. The minimum Gasteiger partial charge on any atom is -0.368 e. The number of aromatic amines is 1. The van der Waals surface area contributed by atoms with Gasteiger partial charge in [0.25, 0.3) is 10.0 Å². The lowest BCUT2D eigenvalue weighted by Gasteiger charge is -2.25. The number of nitrogens with zero attached hydrogens (tertiary/aromatic N) is 4. The molecule has 4 N–H and O–H groups in total. The fraction of sp³-hybridized carbons (Fsp3) is 0.227. The van der Waals surface area contributed by atoms with Gasteiger partial charge in [0.2, 0.25) is 5.95 Å². The number of nitrogen functional groups attached to an aromatic ring is 1. The number of alkyl halides is 3. The second kappa shape index (κ2) is 8.82. The SMILES string of the molecule is Nc1nc(NC2CCN(S(=O)(=O)c3ccc(Cl)c(C(F)(F)F)c3)c3ccccc3C2)c2cn[nH]c2n1. The molecule has 2 aromatic heterocycles. The van der Waals surface area contributed by atoms with Crippen LogP contribution in [0, 0.1) is 0 Å². The first kappa shape index (κ1) is 24.1. The third-order valence-electron chi connectivity index (χ3n) is 5.91. The largest absolute Gasteiger partial charge is 0.417 e. The summed E-state index contributed by atoms with van der Waals surface area (Å²) in [4.78, 5) is 7.84. The number of nitrogens with two attached hydrogens (primary N) is 1. The Labute approximate surface area is 208 Å². The third kappa shape index (κ3) is 4.39. The Hall–Kier alpha value is -3.58. The molecule has 188 valence electrons. The second-order valence-corrected chi connectivity index (χ2v) is 10.5. The van der Waals surface area contributed by atoms with Gasteiger partial charge in [-0.1, -0.05) is 29.8 Å². The predicted molar refractivity (Wildman–Crippen MR) is 129 cm³/mol. The van der Waals surface area contributed by atoms with E-state index in [-0.39, 0.29) is 18.5 Å². The molecular weight excluding hydrogens is 519 g/mol. The van der Waals surface area contributed by atoms with Gasteiger partial charge in [0.1, 0.15) is 5.82 Å². The van der Waals surface area contributed by atoms with Gasteiger partial charge in [-0.05, 0) is 42.7 Å². The van der Waals surface area contributed by atoms with Crippen molar-refractivity contribution in [2.75, 3.05) is 21.9 Å². The Morgan fingerprint density at radius 1 is 1.17 bits per heavy atom. The summed E-state index contributed by atoms with van der Waals surface area (Å²) < 4.78 is 68.5. The number of anilines is 3. The van der Waals surface area contributed by atoms with Crippen LogP contribution < -0.4 is 15.4 Å². The molecule has 0 bridgehead atoms. The molecule has 0 amide bonds. The Morgan fingerprint density at radius 2 is 1.94 bits per heavy atom. The molecule has 5 rings (SSSR count). The molecule has 14 heteroatoms. The standard InChI is InChI=1S/C22H19ClF3N7O2S/c23-17-6-5-14(10-16(17)22(24,25)26)36(34,35)33-8-7-13(9-12-3-1-2-4-18(12)33)29-19-15-11-28-32-20(15)31-21(27)30-19/h1-6,10-11,13H,7-9H2,(H4,27,28,29,30,31,32). The number of halogens is 4. The molecule has 1 unspecified atom stereocenters. The zero-order valence-electron chi connectivity index (χ0n) is 18.4. The van der Waals surface area contributed by atoms with E-state index in [1.807, 2.05) is 0 Å². The first-order valence-corrected chi connectivity index (χ1v) is 12.6. The average molecular weight is 538 g/mol. The van der Waals surface area contributed by atoms with Crippen molar-refractivity contribution in [2.45, 2.75) is 30.0 Å². The van der Waals surface area contributed by atoms with Crippen molar-refractivity contribution in [1.82, 2.24) is 20.2 Å². The van der Waals surface area contributed by atoms with Crippen LogP contribution in [0.1, 0.15) is 17.5 Å². The number of para-hydroxylation sites is 1. The van der Waals surface area contributed by atoms with E-state index in [0.29, 0.717) is 47.0 Å². The van der Waals surface area contributed by atoms with Gasteiger partial charge in [-0.3, -0.25) is 9.40 Å². The van der Waals surface area contributed by atoms with Crippen LogP contribution in [0.2, 0.25) is 5.02 Å². The number of benzene rings is 2. The lowest BCUT2D eigenvalue weighted by atomic mass is 10.0. The van der Waals surface area contributed by atoms with Crippen molar-refractivity contribution >= 4 is 50.1 Å². The molecule has 4 aromatic rings. The Kier molecular flexibility index (Phi) is 5.91. The van der Waals surface area contributed by atoms with Gasteiger partial charge in [0, 0.05) is 12.6 Å². The minimum absolute atomic E-state index is 0.0100. The highest BCUT2D eigenvalue weighted by Gasteiger charge is 2.36. The third-order valence-corrected chi connectivity index (χ3v) is 8.05. The molecule has 9 nitrogen and oxygen atoms in total. The number of hydrogen-bond acceptors (Lipinski definition) is 7. The zero-order valence-corrected chi connectivity index (χ0v) is 20.0. The summed E-state index contributed by atoms with van der Waals surface area (Å²) >= 11 is 5.70. The topological polar surface area (TPSA) is 130 Å². The normalized spacial score (nSPS) is 16.6. The number of aromatic nitrogens is 4. The summed E-state index contributed by atoms with van der Waals surface area (Å²) in [5, 5.41) is 10.0. The summed E-state index contributed by atoms with van der Waals surface area (Å²) in [6, 6.07) is 9.19. The summed E-state index contributed by atoms with van der Waals surface area (Å²) in [6.45, 7) is 0.0100. The summed E-state index contributed by atoms with van der Waals surface area (Å²) in [6.07, 6.45) is -2.49. The zero-order chi connectivity index (χ0) is 25.7. The maximum Gasteiger partial charge on any atom is 0.417 e. The predicted octanol–water partition coefficient (Wildman–Crippen LogP) is 4.23. The summed E-state index contributed by atoms with van der Waals surface area (Å²) in [5.41, 5.74) is 6.14. The smallest absolute Gasteiger partial charge is 0.368 e. The van der Waals surface area contributed by atoms with Gasteiger partial charge in [-0.15, -0.1) is 0 Å². The van der Waals surface area contributed by atoms with Crippen molar-refractivity contribution in [3.05, 3.63) is 64.8 Å². The Morgan fingerprint density at radius 3 is 2.72 bits per heavy atom. The molecule has 0 saturated heterocycles. The molecule has 0 aliphatic carbocycles. The van der Waals surface area contributed by atoms with E-state index < -0.39 is 31.7 Å². The molecule has 36 heavy (non-hydrogen) atoms. The fourth-order valence-electron chi connectivity index (χ4n) is 4.23. The highest BCUT2D eigenvalue weighted by molar-refractivity contribution is 7.92. The Balaban J connectivity index is 1.51. The van der Waals surface area contributed by atoms with Crippen molar-refractivity contribution in [3.8, 4) is 0 Å². The van der Waals surface area contributed by atoms with E-state index in [4.69, 9.17) is 17.3 Å². The van der Waals surface area contributed by atoms with Crippen molar-refractivity contribution < 1.29 is 21.6 Å². The van der Waals surface area contributed by atoms with E-state index in [2.05, 4.69) is 25.5 Å². The number of nitrogens with one attached hydrogen (secondary N) is 2. The molecule has 1 aliphatic heterocycles. The van der Waals surface area contributed by atoms with E-state index in [0.717, 1.165) is 16.4 Å². The molecule has 0 spiro atoms. The fourth-order valence-corrected chi connectivity index (χ4v) is 5.99. The van der Waals surface area contributed by atoms with Crippen molar-refractivity contribution in [2.24, 2.45) is 0 Å². The molecule has 1 atom stereocenters. The molecule has 2 aromatic carbocycles. The van der Waals surface area contributed by atoms with E-state index >= 15 is 0 Å². The second-order valence-electron chi connectivity index (χ2n) is 8.24. The van der Waals surface area contributed by atoms with Crippen molar-refractivity contribution in [3.63, 3.8) is 0 Å². The van der Waals surface area contributed by atoms with Crippen LogP contribution >= 0.6 is 11.6 Å². The summed E-state index contributed by atoms with van der Waals surface area (Å²) in [7, 11) is -4.34.